The summed E-state index contributed by atoms with van der Waals surface area (Å²) in [7, 11) is 0. The Balaban J connectivity index is 1.66. The second kappa shape index (κ2) is 9.03. The zero-order valence-corrected chi connectivity index (χ0v) is 16.1. The Labute approximate surface area is 170 Å². The van der Waals surface area contributed by atoms with Crippen molar-refractivity contribution < 1.29 is 18.7 Å². The molecule has 2 aromatic carbocycles. The number of carbonyl (C=O) groups excluding carboxylic acids is 2. The predicted octanol–water partition coefficient (Wildman–Crippen LogP) is 3.44. The van der Waals surface area contributed by atoms with Crippen LogP contribution in [0.5, 0.6) is 5.75 Å². The molecule has 1 aliphatic rings. The van der Waals surface area contributed by atoms with Crippen LogP contribution in [0.1, 0.15) is 24.0 Å². The number of hydrogen-bond donors (Lipinski definition) is 2. The first-order valence-electron chi connectivity index (χ1n) is 8.43. The maximum Gasteiger partial charge on any atom is 0.329 e. The van der Waals surface area contributed by atoms with Crippen LogP contribution in [0, 0.1) is 5.82 Å². The Morgan fingerprint density at radius 2 is 2.00 bits per heavy atom. The molecule has 3 rings (SSSR count). The quantitative estimate of drug-likeness (QED) is 0.424. The zero-order valence-electron chi connectivity index (χ0n) is 14.5. The molecule has 1 aliphatic carbocycles. The maximum atomic E-state index is 13.9. The minimum atomic E-state index is -0.870. The van der Waals surface area contributed by atoms with Gasteiger partial charge in [-0.25, -0.2) is 9.82 Å². The summed E-state index contributed by atoms with van der Waals surface area (Å²) in [5.74, 6) is -1.74. The summed E-state index contributed by atoms with van der Waals surface area (Å²) in [6.45, 7) is -0.107. The fraction of sp³-hybridized carbons (Fsp3) is 0.211. The number of ether oxygens (including phenoxy) is 1. The van der Waals surface area contributed by atoms with E-state index in [2.05, 4.69) is 15.8 Å². The molecule has 0 heterocycles. The summed E-state index contributed by atoms with van der Waals surface area (Å²) in [6.07, 6.45) is 3.03. The van der Waals surface area contributed by atoms with Crippen LogP contribution in [0.15, 0.2) is 41.5 Å². The number of amides is 2. The first-order valence-corrected chi connectivity index (χ1v) is 9.19. The van der Waals surface area contributed by atoms with Gasteiger partial charge in [-0.15, -0.1) is 0 Å². The lowest BCUT2D eigenvalue weighted by molar-refractivity contribution is -0.139. The molecule has 0 bridgehead atoms. The van der Waals surface area contributed by atoms with Gasteiger partial charge in [-0.1, -0.05) is 29.3 Å². The number of benzene rings is 2. The van der Waals surface area contributed by atoms with Gasteiger partial charge in [0, 0.05) is 22.2 Å². The lowest BCUT2D eigenvalue weighted by Crippen LogP contribution is -2.38. The number of nitrogens with one attached hydrogen (secondary N) is 2. The largest absolute Gasteiger partial charge is 0.488 e. The molecule has 2 N–H and O–H groups in total. The summed E-state index contributed by atoms with van der Waals surface area (Å²) in [5.41, 5.74) is 2.79. The summed E-state index contributed by atoms with van der Waals surface area (Å²) in [4.78, 5) is 23.3. The van der Waals surface area contributed by atoms with Gasteiger partial charge < -0.3 is 10.1 Å². The molecule has 2 aromatic rings. The molecule has 1 saturated carbocycles. The Hall–Kier alpha value is -2.64. The molecule has 2 amide bonds. The number of hydrazone groups is 1. The van der Waals surface area contributed by atoms with Gasteiger partial charge in [0.25, 0.3) is 0 Å². The maximum absolute atomic E-state index is 13.9. The van der Waals surface area contributed by atoms with Crippen molar-refractivity contribution >= 4 is 41.2 Å². The lowest BCUT2D eigenvalue weighted by Gasteiger charge is -2.11. The molecule has 0 saturated heterocycles. The molecule has 0 radical (unpaired) electrons. The standard InChI is InChI=1S/C19H16Cl2FN3O3/c20-12-4-7-17(28-10-14-15(21)2-1-3-16(14)22)11(8-12)9-23-25-19(27)18(26)24-13-5-6-13/h1-4,7-9,13H,5-6,10H2,(H,24,26)(H,25,27)/b23-9-. The van der Waals surface area contributed by atoms with Gasteiger partial charge in [0.2, 0.25) is 0 Å². The number of carbonyl (C=O) groups is 2. The van der Waals surface area contributed by atoms with Crippen LogP contribution in [0.4, 0.5) is 4.39 Å². The highest BCUT2D eigenvalue weighted by Gasteiger charge is 2.26. The average Bonchev–Trinajstić information content (AvgIpc) is 3.46. The Kier molecular flexibility index (Phi) is 6.49. The van der Waals surface area contributed by atoms with E-state index < -0.39 is 17.6 Å². The highest BCUT2D eigenvalue weighted by atomic mass is 35.5. The minimum Gasteiger partial charge on any atom is -0.488 e. The first-order chi connectivity index (χ1) is 13.4. The molecule has 0 aromatic heterocycles. The third-order valence-electron chi connectivity index (χ3n) is 3.89. The predicted molar refractivity (Wildman–Crippen MR) is 104 cm³/mol. The second-order valence-electron chi connectivity index (χ2n) is 6.12. The van der Waals surface area contributed by atoms with E-state index in [1.807, 2.05) is 0 Å². The summed E-state index contributed by atoms with van der Waals surface area (Å²) in [5, 5.41) is 6.97. The van der Waals surface area contributed by atoms with Crippen LogP contribution >= 0.6 is 23.2 Å². The summed E-state index contributed by atoms with van der Waals surface area (Å²) >= 11 is 12.0. The van der Waals surface area contributed by atoms with E-state index in [9.17, 15) is 14.0 Å². The van der Waals surface area contributed by atoms with Crippen molar-refractivity contribution in [3.8, 4) is 5.75 Å². The average molecular weight is 424 g/mol. The molecule has 146 valence electrons. The van der Waals surface area contributed by atoms with Crippen molar-refractivity contribution in [2.45, 2.75) is 25.5 Å². The smallest absolute Gasteiger partial charge is 0.329 e. The van der Waals surface area contributed by atoms with Crippen molar-refractivity contribution in [1.29, 1.82) is 0 Å². The van der Waals surface area contributed by atoms with Gasteiger partial charge in [-0.05, 0) is 43.2 Å². The van der Waals surface area contributed by atoms with E-state index in [-0.39, 0.29) is 23.2 Å². The van der Waals surface area contributed by atoms with E-state index in [0.29, 0.717) is 16.3 Å². The van der Waals surface area contributed by atoms with Crippen molar-refractivity contribution in [1.82, 2.24) is 10.7 Å². The topological polar surface area (TPSA) is 79.8 Å². The SMILES string of the molecule is O=C(N/N=C\c1cc(Cl)ccc1OCc1c(F)cccc1Cl)C(=O)NC1CC1. The van der Waals surface area contributed by atoms with Crippen LogP contribution in [-0.4, -0.2) is 24.1 Å². The fourth-order valence-corrected chi connectivity index (χ4v) is 2.66. The van der Waals surface area contributed by atoms with Crippen LogP contribution < -0.4 is 15.5 Å². The molecular weight excluding hydrogens is 408 g/mol. The van der Waals surface area contributed by atoms with Crippen molar-refractivity contribution in [2.75, 3.05) is 0 Å². The van der Waals surface area contributed by atoms with Crippen molar-refractivity contribution in [2.24, 2.45) is 5.10 Å². The van der Waals surface area contributed by atoms with Crippen LogP contribution in [0.25, 0.3) is 0 Å². The second-order valence-corrected chi connectivity index (χ2v) is 6.96. The summed E-state index contributed by atoms with van der Waals surface area (Å²) in [6, 6.07) is 9.16. The van der Waals surface area contributed by atoms with Crippen molar-refractivity contribution in [3.63, 3.8) is 0 Å². The van der Waals surface area contributed by atoms with E-state index in [4.69, 9.17) is 27.9 Å². The van der Waals surface area contributed by atoms with E-state index in [1.54, 1.807) is 24.3 Å². The molecule has 6 nitrogen and oxygen atoms in total. The zero-order chi connectivity index (χ0) is 20.1. The number of hydrogen-bond acceptors (Lipinski definition) is 4. The van der Waals surface area contributed by atoms with Gasteiger partial charge in [0.15, 0.2) is 0 Å². The van der Waals surface area contributed by atoms with Crippen LogP contribution in [0.3, 0.4) is 0 Å². The van der Waals surface area contributed by atoms with Crippen molar-refractivity contribution in [3.05, 3.63) is 63.4 Å². The fourth-order valence-electron chi connectivity index (χ4n) is 2.26. The molecule has 0 unspecified atom stereocenters. The van der Waals surface area contributed by atoms with E-state index in [0.717, 1.165) is 12.8 Å². The number of nitrogens with zero attached hydrogens (tertiary/aromatic N) is 1. The van der Waals surface area contributed by atoms with Gasteiger partial charge in [0.05, 0.1) is 11.2 Å². The van der Waals surface area contributed by atoms with Crippen LogP contribution in [-0.2, 0) is 16.2 Å². The normalized spacial score (nSPS) is 13.4. The van der Waals surface area contributed by atoms with Crippen LogP contribution in [0.2, 0.25) is 10.0 Å². The minimum absolute atomic E-state index is 0.0698. The van der Waals surface area contributed by atoms with E-state index in [1.165, 1.54) is 18.3 Å². The highest BCUT2D eigenvalue weighted by molar-refractivity contribution is 6.35. The Bertz CT molecular complexity index is 912. The summed E-state index contributed by atoms with van der Waals surface area (Å²) < 4.78 is 19.5. The molecule has 1 fully saturated rings. The molecule has 9 heteroatoms. The molecule has 0 atom stereocenters. The Morgan fingerprint density at radius 3 is 2.71 bits per heavy atom. The molecule has 28 heavy (non-hydrogen) atoms. The van der Waals surface area contributed by atoms with Gasteiger partial charge in [0.1, 0.15) is 18.2 Å². The Morgan fingerprint density at radius 1 is 1.21 bits per heavy atom. The monoisotopic (exact) mass is 423 g/mol. The molecular formula is C19H16Cl2FN3O3. The van der Waals surface area contributed by atoms with E-state index >= 15 is 0 Å². The number of halogens is 3. The third-order valence-corrected chi connectivity index (χ3v) is 4.48. The first kappa shape index (κ1) is 20.1. The molecule has 0 spiro atoms. The third kappa shape index (κ3) is 5.43. The van der Waals surface area contributed by atoms with Gasteiger partial charge >= 0.3 is 11.8 Å². The van der Waals surface area contributed by atoms with Gasteiger partial charge in [-0.2, -0.15) is 5.10 Å². The van der Waals surface area contributed by atoms with Gasteiger partial charge in [-0.3, -0.25) is 9.59 Å². The highest BCUT2D eigenvalue weighted by Crippen LogP contribution is 2.25. The lowest BCUT2D eigenvalue weighted by atomic mass is 10.2. The number of rotatable bonds is 6. The molecule has 0 aliphatic heterocycles.